The van der Waals surface area contributed by atoms with Crippen molar-refractivity contribution in [1.82, 2.24) is 0 Å². The Labute approximate surface area is 113 Å². The van der Waals surface area contributed by atoms with Crippen LogP contribution in [0.5, 0.6) is 0 Å². The van der Waals surface area contributed by atoms with Crippen molar-refractivity contribution >= 4 is 21.5 Å². The Kier molecular flexibility index (Phi) is 5.17. The third kappa shape index (κ3) is 5.17. The maximum absolute atomic E-state index is 11.8. The Balaban J connectivity index is 2.72. The summed E-state index contributed by atoms with van der Waals surface area (Å²) in [4.78, 5) is 0. The van der Waals surface area contributed by atoms with Crippen molar-refractivity contribution in [2.45, 2.75) is 20.3 Å². The van der Waals surface area contributed by atoms with E-state index in [2.05, 4.69) is 9.88 Å². The molecule has 0 heterocycles. The van der Waals surface area contributed by atoms with Gasteiger partial charge >= 0.3 is 0 Å². The molecule has 1 aromatic rings. The fourth-order valence-corrected chi connectivity index (χ4v) is 2.77. The minimum atomic E-state index is -3.33. The molecule has 4 N–H and O–H groups in total. The topological polar surface area (TPSA) is 105 Å². The molecule has 0 bridgehead atoms. The minimum Gasteiger partial charge on any atom is -0.409 e. The number of amidine groups is 1. The van der Waals surface area contributed by atoms with Crippen LogP contribution in [0.2, 0.25) is 0 Å². The van der Waals surface area contributed by atoms with Gasteiger partial charge in [-0.05, 0) is 36.6 Å². The summed E-state index contributed by atoms with van der Waals surface area (Å²) in [5, 5.41) is 11.4. The second-order valence-corrected chi connectivity index (χ2v) is 6.51. The van der Waals surface area contributed by atoms with E-state index in [0.29, 0.717) is 23.6 Å². The lowest BCUT2D eigenvalue weighted by molar-refractivity contribution is 0.318. The molecule has 0 aliphatic heterocycles. The van der Waals surface area contributed by atoms with E-state index in [1.165, 1.54) is 0 Å². The zero-order valence-corrected chi connectivity index (χ0v) is 11.8. The summed E-state index contributed by atoms with van der Waals surface area (Å²) < 4.78 is 26.0. The molecule has 0 amide bonds. The Morgan fingerprint density at radius 1 is 1.37 bits per heavy atom. The number of hydrogen-bond donors (Lipinski definition) is 3. The Bertz CT molecular complexity index is 536. The number of rotatable bonds is 6. The molecule has 1 aromatic carbocycles. The molecule has 0 saturated heterocycles. The molecule has 0 aliphatic rings. The van der Waals surface area contributed by atoms with Crippen LogP contribution in [0.4, 0.5) is 5.69 Å². The van der Waals surface area contributed by atoms with E-state index < -0.39 is 10.0 Å². The molecule has 0 unspecified atom stereocenters. The second kappa shape index (κ2) is 6.42. The lowest BCUT2D eigenvalue weighted by Gasteiger charge is -2.09. The van der Waals surface area contributed by atoms with E-state index in [1.807, 2.05) is 13.8 Å². The number of nitrogens with one attached hydrogen (secondary N) is 1. The number of oxime groups is 1. The highest BCUT2D eigenvalue weighted by molar-refractivity contribution is 7.92. The predicted molar refractivity (Wildman–Crippen MR) is 75.8 cm³/mol. The summed E-state index contributed by atoms with van der Waals surface area (Å²) in [6.45, 7) is 3.95. The second-order valence-electron chi connectivity index (χ2n) is 4.67. The van der Waals surface area contributed by atoms with Crippen LogP contribution in [0.3, 0.4) is 0 Å². The highest BCUT2D eigenvalue weighted by Crippen LogP contribution is 2.12. The zero-order valence-electron chi connectivity index (χ0n) is 11.0. The van der Waals surface area contributed by atoms with Gasteiger partial charge in [0.15, 0.2) is 5.84 Å². The third-order valence-electron chi connectivity index (χ3n) is 2.53. The Morgan fingerprint density at radius 2 is 1.95 bits per heavy atom. The molecular weight excluding hydrogens is 266 g/mol. The maximum atomic E-state index is 11.8. The first-order chi connectivity index (χ1) is 8.84. The molecule has 0 spiro atoms. The fourth-order valence-electron chi connectivity index (χ4n) is 1.39. The Hall–Kier alpha value is -1.76. The van der Waals surface area contributed by atoms with Gasteiger partial charge in [0.05, 0.1) is 5.75 Å². The van der Waals surface area contributed by atoms with Crippen molar-refractivity contribution in [3.63, 3.8) is 0 Å². The van der Waals surface area contributed by atoms with E-state index >= 15 is 0 Å². The van der Waals surface area contributed by atoms with Gasteiger partial charge < -0.3 is 10.9 Å². The van der Waals surface area contributed by atoms with E-state index in [0.717, 1.165) is 0 Å². The van der Waals surface area contributed by atoms with Crippen LogP contribution in [0.25, 0.3) is 0 Å². The number of sulfonamides is 1. The quantitative estimate of drug-likeness (QED) is 0.319. The fraction of sp³-hybridized carbons (Fsp3) is 0.417. The molecule has 6 nitrogen and oxygen atoms in total. The van der Waals surface area contributed by atoms with Crippen LogP contribution in [-0.4, -0.2) is 25.2 Å². The van der Waals surface area contributed by atoms with Crippen molar-refractivity contribution in [2.75, 3.05) is 10.5 Å². The molecule has 0 saturated carbocycles. The molecule has 7 heteroatoms. The standard InChI is InChI=1S/C12H19N3O3S/c1-9(2)7-8-19(17,18)15-11-5-3-10(4-6-11)12(13)14-16/h3-6,9,15-16H,7-8H2,1-2H3,(H2,13,14). The van der Waals surface area contributed by atoms with Gasteiger partial charge in [0.2, 0.25) is 10.0 Å². The monoisotopic (exact) mass is 285 g/mol. The molecule has 1 rings (SSSR count). The van der Waals surface area contributed by atoms with Crippen LogP contribution in [-0.2, 0) is 10.0 Å². The largest absolute Gasteiger partial charge is 0.409 e. The molecule has 106 valence electrons. The van der Waals surface area contributed by atoms with Crippen LogP contribution in [0.15, 0.2) is 29.4 Å². The molecule has 0 atom stereocenters. The highest BCUT2D eigenvalue weighted by Gasteiger charge is 2.11. The van der Waals surface area contributed by atoms with Crippen molar-refractivity contribution in [3.8, 4) is 0 Å². The number of anilines is 1. The number of hydrogen-bond acceptors (Lipinski definition) is 4. The number of nitrogens with zero attached hydrogens (tertiary/aromatic N) is 1. The van der Waals surface area contributed by atoms with Crippen molar-refractivity contribution in [3.05, 3.63) is 29.8 Å². The van der Waals surface area contributed by atoms with Crippen molar-refractivity contribution in [2.24, 2.45) is 16.8 Å². The molecule has 0 aliphatic carbocycles. The Morgan fingerprint density at radius 3 is 2.42 bits per heavy atom. The summed E-state index contributed by atoms with van der Waals surface area (Å²) >= 11 is 0. The molecular formula is C12H19N3O3S. The maximum Gasteiger partial charge on any atom is 0.232 e. The molecule has 0 radical (unpaired) electrons. The smallest absolute Gasteiger partial charge is 0.232 e. The van der Waals surface area contributed by atoms with Gasteiger partial charge in [-0.15, -0.1) is 0 Å². The normalized spacial score (nSPS) is 12.7. The lowest BCUT2D eigenvalue weighted by Crippen LogP contribution is -2.18. The van der Waals surface area contributed by atoms with Gasteiger partial charge in [-0.3, -0.25) is 4.72 Å². The van der Waals surface area contributed by atoms with E-state index in [1.54, 1.807) is 24.3 Å². The summed E-state index contributed by atoms with van der Waals surface area (Å²) in [5.41, 5.74) is 6.39. The predicted octanol–water partition coefficient (Wildman–Crippen LogP) is 1.57. The zero-order chi connectivity index (χ0) is 14.5. The first-order valence-electron chi connectivity index (χ1n) is 5.92. The number of nitrogens with two attached hydrogens (primary N) is 1. The first kappa shape index (κ1) is 15.3. The summed E-state index contributed by atoms with van der Waals surface area (Å²) in [6, 6.07) is 6.30. The van der Waals surface area contributed by atoms with Gasteiger partial charge in [-0.25, -0.2) is 8.42 Å². The van der Waals surface area contributed by atoms with Crippen molar-refractivity contribution in [1.29, 1.82) is 0 Å². The van der Waals surface area contributed by atoms with Gasteiger partial charge in [-0.2, -0.15) is 0 Å². The van der Waals surface area contributed by atoms with E-state index in [4.69, 9.17) is 10.9 Å². The molecule has 0 aromatic heterocycles. The molecule has 0 fully saturated rings. The van der Waals surface area contributed by atoms with Gasteiger partial charge in [0.1, 0.15) is 0 Å². The summed E-state index contributed by atoms with van der Waals surface area (Å²) in [5.74, 6) is 0.404. The average molecular weight is 285 g/mol. The van der Waals surface area contributed by atoms with Crippen LogP contribution in [0.1, 0.15) is 25.8 Å². The first-order valence-corrected chi connectivity index (χ1v) is 7.57. The van der Waals surface area contributed by atoms with Crippen LogP contribution in [0, 0.1) is 5.92 Å². The van der Waals surface area contributed by atoms with Crippen LogP contribution >= 0.6 is 0 Å². The van der Waals surface area contributed by atoms with Crippen molar-refractivity contribution < 1.29 is 13.6 Å². The third-order valence-corrected chi connectivity index (χ3v) is 3.85. The van der Waals surface area contributed by atoms with Gasteiger partial charge in [0.25, 0.3) is 0 Å². The van der Waals surface area contributed by atoms with Crippen LogP contribution < -0.4 is 10.5 Å². The SMILES string of the molecule is CC(C)CCS(=O)(=O)Nc1ccc(C(N)=NO)cc1. The average Bonchev–Trinajstić information content (AvgIpc) is 2.36. The van der Waals surface area contributed by atoms with E-state index in [-0.39, 0.29) is 11.6 Å². The van der Waals surface area contributed by atoms with Gasteiger partial charge in [-0.1, -0.05) is 19.0 Å². The minimum absolute atomic E-state index is 0.0192. The summed E-state index contributed by atoms with van der Waals surface area (Å²) in [7, 11) is -3.33. The van der Waals surface area contributed by atoms with Gasteiger partial charge in [0, 0.05) is 11.3 Å². The lowest BCUT2D eigenvalue weighted by atomic mass is 10.2. The molecule has 19 heavy (non-hydrogen) atoms. The number of benzene rings is 1. The van der Waals surface area contributed by atoms with E-state index in [9.17, 15) is 8.42 Å². The summed E-state index contributed by atoms with van der Waals surface area (Å²) in [6.07, 6.45) is 0.609. The highest BCUT2D eigenvalue weighted by atomic mass is 32.2.